The van der Waals surface area contributed by atoms with Crippen LogP contribution in [0.25, 0.3) is 0 Å². The molecule has 1 fully saturated rings. The summed E-state index contributed by atoms with van der Waals surface area (Å²) in [5.41, 5.74) is 5.61. The highest BCUT2D eigenvalue weighted by Gasteiger charge is 2.55. The molecule has 3 heteroatoms. The molecule has 5 atom stereocenters. The Hall–Kier alpha value is -1.48. The van der Waals surface area contributed by atoms with Gasteiger partial charge in [-0.25, -0.2) is 0 Å². The van der Waals surface area contributed by atoms with Gasteiger partial charge in [-0.2, -0.15) is 0 Å². The van der Waals surface area contributed by atoms with Gasteiger partial charge in [0.05, 0.1) is 0 Å². The molecule has 2 heterocycles. The first-order valence-electron chi connectivity index (χ1n) is 7.67. The summed E-state index contributed by atoms with van der Waals surface area (Å²) < 4.78 is 0. The molecule has 0 amide bonds. The van der Waals surface area contributed by atoms with Crippen LogP contribution in [0, 0.1) is 5.92 Å². The largest absolute Gasteiger partial charge is 0.384 e. The van der Waals surface area contributed by atoms with Gasteiger partial charge < -0.3 is 10.6 Å². The highest BCUT2D eigenvalue weighted by atomic mass is 79.9. The molecule has 3 aliphatic rings. The second-order valence-electron chi connectivity index (χ2n) is 6.39. The fourth-order valence-electron chi connectivity index (χ4n) is 4.65. The quantitative estimate of drug-likeness (QED) is 0.703. The summed E-state index contributed by atoms with van der Waals surface area (Å²) in [4.78, 5) is 0.510. The van der Waals surface area contributed by atoms with Gasteiger partial charge in [0.15, 0.2) is 0 Å². The van der Waals surface area contributed by atoms with E-state index in [0.717, 1.165) is 6.54 Å². The maximum Gasteiger partial charge on any atom is 0.0443 e. The van der Waals surface area contributed by atoms with E-state index in [1.807, 2.05) is 0 Å². The predicted octanol–water partition coefficient (Wildman–Crippen LogP) is 4.17. The summed E-state index contributed by atoms with van der Waals surface area (Å²) in [6.45, 7) is 1.06. The second-order valence-corrected chi connectivity index (χ2v) is 7.44. The lowest BCUT2D eigenvalue weighted by Gasteiger charge is -2.32. The summed E-state index contributed by atoms with van der Waals surface area (Å²) >= 11 is 4.00. The van der Waals surface area contributed by atoms with Crippen LogP contribution in [0.15, 0.2) is 48.5 Å². The number of anilines is 2. The highest BCUT2D eigenvalue weighted by molar-refractivity contribution is 9.09. The van der Waals surface area contributed by atoms with E-state index in [1.165, 1.54) is 22.5 Å². The molecule has 1 unspecified atom stereocenters. The number of halogens is 1. The molecule has 5 rings (SSSR count). The number of hydrogen-bond acceptors (Lipinski definition) is 2. The summed E-state index contributed by atoms with van der Waals surface area (Å²) in [7, 11) is 0. The van der Waals surface area contributed by atoms with E-state index in [2.05, 4.69) is 75.1 Å². The van der Waals surface area contributed by atoms with Gasteiger partial charge in [0.25, 0.3) is 0 Å². The van der Waals surface area contributed by atoms with Crippen LogP contribution in [0.4, 0.5) is 11.4 Å². The number of fused-ring (bicyclic) bond motifs is 9. The Morgan fingerprint density at radius 1 is 0.857 bits per heavy atom. The maximum atomic E-state index is 4.00. The lowest BCUT2D eigenvalue weighted by molar-refractivity contribution is 0.459. The van der Waals surface area contributed by atoms with Crippen molar-refractivity contribution in [1.82, 2.24) is 0 Å². The smallest absolute Gasteiger partial charge is 0.0443 e. The minimum Gasteiger partial charge on any atom is -0.384 e. The minimum absolute atomic E-state index is 0.510. The summed E-state index contributed by atoms with van der Waals surface area (Å²) in [5.74, 6) is 1.82. The van der Waals surface area contributed by atoms with Gasteiger partial charge >= 0.3 is 0 Å². The van der Waals surface area contributed by atoms with Crippen LogP contribution in [0.3, 0.4) is 0 Å². The first-order chi connectivity index (χ1) is 10.3. The number of nitrogens with one attached hydrogen (secondary N) is 2. The van der Waals surface area contributed by atoms with E-state index in [4.69, 9.17) is 0 Å². The molecule has 0 spiro atoms. The van der Waals surface area contributed by atoms with Crippen LogP contribution in [0.1, 0.15) is 23.0 Å². The SMILES string of the molecule is BrC1[C@H]2c3ccccc3N[C@@H]1[C@@H]1CNc3ccccc3[C@@H]12. The predicted molar refractivity (Wildman–Crippen MR) is 90.5 cm³/mol. The molecule has 21 heavy (non-hydrogen) atoms. The fourth-order valence-corrected chi connectivity index (χ4v) is 5.79. The van der Waals surface area contributed by atoms with Crippen molar-refractivity contribution in [1.29, 1.82) is 0 Å². The van der Waals surface area contributed by atoms with Gasteiger partial charge in [0.1, 0.15) is 0 Å². The molecule has 0 radical (unpaired) electrons. The molecule has 106 valence electrons. The molecular weight excluding hydrogens is 324 g/mol. The van der Waals surface area contributed by atoms with E-state index < -0.39 is 0 Å². The van der Waals surface area contributed by atoms with E-state index >= 15 is 0 Å². The first kappa shape index (κ1) is 12.1. The average Bonchev–Trinajstić information content (AvgIpc) is 2.72. The molecule has 0 aromatic heterocycles. The van der Waals surface area contributed by atoms with Gasteiger partial charge in [0.2, 0.25) is 0 Å². The molecule has 2 N–H and O–H groups in total. The van der Waals surface area contributed by atoms with Crippen molar-refractivity contribution in [2.45, 2.75) is 22.7 Å². The fraction of sp³-hybridized carbons (Fsp3) is 0.333. The Balaban J connectivity index is 1.72. The number of alkyl halides is 1. The van der Waals surface area contributed by atoms with E-state index in [1.54, 1.807) is 0 Å². The zero-order valence-electron chi connectivity index (χ0n) is 11.6. The molecule has 2 aromatic carbocycles. The Morgan fingerprint density at radius 3 is 2.33 bits per heavy atom. The van der Waals surface area contributed by atoms with Crippen LogP contribution in [0.5, 0.6) is 0 Å². The van der Waals surface area contributed by atoms with Crippen molar-refractivity contribution in [3.8, 4) is 0 Å². The number of rotatable bonds is 0. The Kier molecular flexibility index (Phi) is 2.46. The Bertz CT molecular complexity index is 714. The van der Waals surface area contributed by atoms with Crippen molar-refractivity contribution >= 4 is 27.3 Å². The van der Waals surface area contributed by atoms with Crippen LogP contribution in [-0.2, 0) is 0 Å². The van der Waals surface area contributed by atoms with Crippen molar-refractivity contribution in [3.63, 3.8) is 0 Å². The third kappa shape index (κ3) is 1.53. The lowest BCUT2D eigenvalue weighted by atomic mass is 9.77. The Labute approximate surface area is 133 Å². The van der Waals surface area contributed by atoms with Crippen molar-refractivity contribution in [2.24, 2.45) is 5.92 Å². The molecule has 2 bridgehead atoms. The van der Waals surface area contributed by atoms with Gasteiger partial charge in [-0.05, 0) is 23.3 Å². The van der Waals surface area contributed by atoms with Gasteiger partial charge in [-0.15, -0.1) is 0 Å². The molecule has 2 aromatic rings. The Morgan fingerprint density at radius 2 is 1.52 bits per heavy atom. The monoisotopic (exact) mass is 340 g/mol. The zero-order chi connectivity index (χ0) is 14.0. The maximum absolute atomic E-state index is 4.00. The first-order valence-corrected chi connectivity index (χ1v) is 8.58. The minimum atomic E-state index is 0.510. The third-order valence-corrected chi connectivity index (χ3v) is 6.62. The number of benzene rings is 2. The van der Waals surface area contributed by atoms with Crippen LogP contribution in [-0.4, -0.2) is 17.4 Å². The van der Waals surface area contributed by atoms with Crippen LogP contribution < -0.4 is 10.6 Å². The molecular formula is C18H17BrN2. The van der Waals surface area contributed by atoms with E-state index in [-0.39, 0.29) is 0 Å². The normalized spacial score (nSPS) is 35.0. The number of hydrogen-bond donors (Lipinski definition) is 2. The highest BCUT2D eigenvalue weighted by Crippen LogP contribution is 2.59. The summed E-state index contributed by atoms with van der Waals surface area (Å²) in [5, 5.41) is 7.41. The van der Waals surface area contributed by atoms with Crippen molar-refractivity contribution in [2.75, 3.05) is 17.2 Å². The average molecular weight is 341 g/mol. The third-order valence-electron chi connectivity index (χ3n) is 5.49. The van der Waals surface area contributed by atoms with Crippen LogP contribution in [0.2, 0.25) is 0 Å². The van der Waals surface area contributed by atoms with Crippen molar-refractivity contribution in [3.05, 3.63) is 59.7 Å². The topological polar surface area (TPSA) is 24.1 Å². The molecule has 1 saturated carbocycles. The summed E-state index contributed by atoms with van der Waals surface area (Å²) in [6.07, 6.45) is 0. The molecule has 2 aliphatic heterocycles. The van der Waals surface area contributed by atoms with E-state index in [9.17, 15) is 0 Å². The second kappa shape index (κ2) is 4.26. The summed E-state index contributed by atoms with van der Waals surface area (Å²) in [6, 6.07) is 18.2. The van der Waals surface area contributed by atoms with E-state index in [0.29, 0.717) is 28.6 Å². The zero-order valence-corrected chi connectivity index (χ0v) is 13.2. The van der Waals surface area contributed by atoms with Crippen molar-refractivity contribution < 1.29 is 0 Å². The van der Waals surface area contributed by atoms with Gasteiger partial charge in [-0.3, -0.25) is 0 Å². The standard InChI is InChI=1S/C18H17BrN2/c19-17-16-11-6-2-4-8-14(11)21-18(17)12-9-20-13-7-3-1-5-10(13)15(12)16/h1-8,12,15-18,20-21H,9H2/t12-,15+,16+,17?,18-/m1/s1. The molecule has 2 nitrogen and oxygen atoms in total. The molecule has 1 aliphatic carbocycles. The van der Waals surface area contributed by atoms with Gasteiger partial charge in [0, 0.05) is 46.5 Å². The van der Waals surface area contributed by atoms with Crippen LogP contribution >= 0.6 is 15.9 Å². The lowest BCUT2D eigenvalue weighted by Crippen LogP contribution is -2.38. The van der Waals surface area contributed by atoms with Gasteiger partial charge in [-0.1, -0.05) is 52.3 Å². The number of para-hydroxylation sites is 2. The molecule has 0 saturated heterocycles.